The zero-order valence-corrected chi connectivity index (χ0v) is 15.6. The van der Waals surface area contributed by atoms with Crippen molar-refractivity contribution < 1.29 is 9.47 Å². The van der Waals surface area contributed by atoms with Gasteiger partial charge in [-0.2, -0.15) is 0 Å². The van der Waals surface area contributed by atoms with Gasteiger partial charge in [-0.25, -0.2) is 0 Å². The molecule has 0 bridgehead atoms. The number of anilines is 2. The van der Waals surface area contributed by atoms with Crippen LogP contribution in [-0.4, -0.2) is 25.8 Å². The second-order valence-corrected chi connectivity index (χ2v) is 7.72. The molecule has 1 atom stereocenters. The predicted molar refractivity (Wildman–Crippen MR) is 104 cm³/mol. The maximum absolute atomic E-state index is 5.94. The lowest BCUT2D eigenvalue weighted by atomic mass is 9.87. The van der Waals surface area contributed by atoms with E-state index in [0.717, 1.165) is 36.0 Å². The van der Waals surface area contributed by atoms with Gasteiger partial charge in [0.15, 0.2) is 0 Å². The molecular formula is C21H28N2O2. The Morgan fingerprint density at radius 3 is 2.56 bits per heavy atom. The van der Waals surface area contributed by atoms with E-state index < -0.39 is 0 Å². The minimum atomic E-state index is 0.139. The van der Waals surface area contributed by atoms with Crippen molar-refractivity contribution in [1.82, 2.24) is 0 Å². The van der Waals surface area contributed by atoms with Crippen molar-refractivity contribution in [2.75, 3.05) is 30.3 Å². The molecule has 0 saturated heterocycles. The Morgan fingerprint density at radius 2 is 1.88 bits per heavy atom. The maximum Gasteiger partial charge on any atom is 0.145 e. The van der Waals surface area contributed by atoms with Gasteiger partial charge in [0.2, 0.25) is 0 Å². The Balaban J connectivity index is 1.61. The smallest absolute Gasteiger partial charge is 0.145 e. The number of nitrogens with two attached hydrogens (primary N) is 1. The van der Waals surface area contributed by atoms with E-state index in [4.69, 9.17) is 15.2 Å². The molecule has 0 amide bonds. The fraction of sp³-hybridized carbons (Fsp3) is 0.429. The number of nitrogen functional groups attached to an aromatic ring is 1. The van der Waals surface area contributed by atoms with E-state index in [2.05, 4.69) is 56.9 Å². The third-order valence-electron chi connectivity index (χ3n) is 4.48. The summed E-state index contributed by atoms with van der Waals surface area (Å²) in [5.41, 5.74) is 9.15. The van der Waals surface area contributed by atoms with Gasteiger partial charge in [-0.1, -0.05) is 32.9 Å². The lowest BCUT2D eigenvalue weighted by Gasteiger charge is -2.35. The second kappa shape index (κ2) is 6.87. The van der Waals surface area contributed by atoms with Gasteiger partial charge in [-0.15, -0.1) is 0 Å². The second-order valence-electron chi connectivity index (χ2n) is 7.72. The highest BCUT2D eigenvalue weighted by molar-refractivity contribution is 5.65. The standard InChI is InChI=1S/C21H28N2O2/c1-15-14-23(19-10-7-17(22)13-20(19)25-15)11-12-24-18-8-5-16(6-9-18)21(2,3)4/h5-10,13,15H,11-12,14,22H2,1-4H3. The predicted octanol–water partition coefficient (Wildman–Crippen LogP) is 4.23. The number of nitrogens with zero attached hydrogens (tertiary/aromatic N) is 1. The molecule has 1 aliphatic heterocycles. The van der Waals surface area contributed by atoms with Crippen LogP contribution in [-0.2, 0) is 5.41 Å². The molecule has 0 saturated carbocycles. The van der Waals surface area contributed by atoms with Crippen molar-refractivity contribution in [3.05, 3.63) is 48.0 Å². The largest absolute Gasteiger partial charge is 0.492 e. The molecule has 1 aliphatic rings. The van der Waals surface area contributed by atoms with Crippen molar-refractivity contribution in [3.63, 3.8) is 0 Å². The average Bonchev–Trinajstić information content (AvgIpc) is 2.54. The monoisotopic (exact) mass is 340 g/mol. The molecule has 4 heteroatoms. The average molecular weight is 340 g/mol. The topological polar surface area (TPSA) is 47.7 Å². The fourth-order valence-electron chi connectivity index (χ4n) is 3.09. The van der Waals surface area contributed by atoms with Crippen LogP contribution in [0.25, 0.3) is 0 Å². The molecule has 25 heavy (non-hydrogen) atoms. The van der Waals surface area contributed by atoms with Crippen molar-refractivity contribution in [2.45, 2.75) is 39.2 Å². The summed E-state index contributed by atoms with van der Waals surface area (Å²) in [5.74, 6) is 1.76. The van der Waals surface area contributed by atoms with Crippen LogP contribution < -0.4 is 20.1 Å². The lowest BCUT2D eigenvalue weighted by Crippen LogP contribution is -2.40. The van der Waals surface area contributed by atoms with Crippen LogP contribution in [0.1, 0.15) is 33.3 Å². The minimum absolute atomic E-state index is 0.139. The summed E-state index contributed by atoms with van der Waals surface area (Å²) in [6.07, 6.45) is 0.139. The maximum atomic E-state index is 5.94. The molecule has 2 N–H and O–H groups in total. The van der Waals surface area contributed by atoms with Crippen molar-refractivity contribution in [3.8, 4) is 11.5 Å². The molecule has 134 valence electrons. The van der Waals surface area contributed by atoms with E-state index in [9.17, 15) is 0 Å². The first-order valence-corrected chi connectivity index (χ1v) is 8.87. The first-order chi connectivity index (χ1) is 11.8. The third-order valence-corrected chi connectivity index (χ3v) is 4.48. The highest BCUT2D eigenvalue weighted by Gasteiger charge is 2.22. The molecule has 0 aromatic heterocycles. The van der Waals surface area contributed by atoms with Gasteiger partial charge in [-0.3, -0.25) is 0 Å². The van der Waals surface area contributed by atoms with E-state index in [1.807, 2.05) is 18.2 Å². The Bertz CT molecular complexity index is 720. The summed E-state index contributed by atoms with van der Waals surface area (Å²) in [7, 11) is 0. The first-order valence-electron chi connectivity index (χ1n) is 8.87. The Morgan fingerprint density at radius 1 is 1.16 bits per heavy atom. The normalized spacial score (nSPS) is 17.0. The van der Waals surface area contributed by atoms with Gasteiger partial charge in [0.05, 0.1) is 18.8 Å². The van der Waals surface area contributed by atoms with Crippen LogP contribution in [0.15, 0.2) is 42.5 Å². The molecule has 0 spiro atoms. The van der Waals surface area contributed by atoms with Crippen LogP contribution in [0.5, 0.6) is 11.5 Å². The summed E-state index contributed by atoms with van der Waals surface area (Å²) in [6, 6.07) is 14.2. The van der Waals surface area contributed by atoms with E-state index in [1.165, 1.54) is 5.56 Å². The molecule has 4 nitrogen and oxygen atoms in total. The van der Waals surface area contributed by atoms with Gasteiger partial charge in [0.1, 0.15) is 24.2 Å². The lowest BCUT2D eigenvalue weighted by molar-refractivity contribution is 0.208. The number of fused-ring (bicyclic) bond motifs is 1. The van der Waals surface area contributed by atoms with Gasteiger partial charge < -0.3 is 20.1 Å². The molecule has 1 unspecified atom stereocenters. The molecular weight excluding hydrogens is 312 g/mol. The van der Waals surface area contributed by atoms with Crippen molar-refractivity contribution in [1.29, 1.82) is 0 Å². The van der Waals surface area contributed by atoms with Crippen molar-refractivity contribution in [2.24, 2.45) is 0 Å². The van der Waals surface area contributed by atoms with Crippen LogP contribution in [0.3, 0.4) is 0 Å². The molecule has 0 radical (unpaired) electrons. The number of ether oxygens (including phenoxy) is 2. The summed E-state index contributed by atoms with van der Waals surface area (Å²) in [5, 5.41) is 0. The SMILES string of the molecule is CC1CN(CCOc2ccc(C(C)(C)C)cc2)c2ccc(N)cc2O1. The number of hydrogen-bond acceptors (Lipinski definition) is 4. The van der Waals surface area contributed by atoms with Gasteiger partial charge in [0, 0.05) is 11.8 Å². The van der Waals surface area contributed by atoms with Crippen LogP contribution in [0.4, 0.5) is 11.4 Å². The molecule has 0 aliphatic carbocycles. The van der Waals surface area contributed by atoms with E-state index in [0.29, 0.717) is 6.61 Å². The number of rotatable bonds is 4. The van der Waals surface area contributed by atoms with Crippen LogP contribution in [0, 0.1) is 0 Å². The first kappa shape index (κ1) is 17.5. The Labute approximate surface area is 150 Å². The summed E-state index contributed by atoms with van der Waals surface area (Å²) in [4.78, 5) is 2.30. The minimum Gasteiger partial charge on any atom is -0.492 e. The van der Waals surface area contributed by atoms with Crippen molar-refractivity contribution >= 4 is 11.4 Å². The molecule has 2 aromatic carbocycles. The van der Waals surface area contributed by atoms with E-state index in [-0.39, 0.29) is 11.5 Å². The van der Waals surface area contributed by atoms with E-state index >= 15 is 0 Å². The highest BCUT2D eigenvalue weighted by Crippen LogP contribution is 2.34. The quantitative estimate of drug-likeness (QED) is 0.846. The molecule has 3 rings (SSSR count). The van der Waals surface area contributed by atoms with Crippen LogP contribution >= 0.6 is 0 Å². The zero-order chi connectivity index (χ0) is 18.0. The van der Waals surface area contributed by atoms with Gasteiger partial charge in [-0.05, 0) is 42.2 Å². The molecule has 0 fully saturated rings. The number of hydrogen-bond donors (Lipinski definition) is 1. The summed E-state index contributed by atoms with van der Waals surface area (Å²) < 4.78 is 11.8. The van der Waals surface area contributed by atoms with Gasteiger partial charge >= 0.3 is 0 Å². The molecule has 1 heterocycles. The Hall–Kier alpha value is -2.36. The fourth-order valence-corrected chi connectivity index (χ4v) is 3.09. The molecule has 2 aromatic rings. The van der Waals surface area contributed by atoms with Crippen LogP contribution in [0.2, 0.25) is 0 Å². The zero-order valence-electron chi connectivity index (χ0n) is 15.6. The number of benzene rings is 2. The summed E-state index contributed by atoms with van der Waals surface area (Å²) in [6.45, 7) is 11.0. The van der Waals surface area contributed by atoms with Gasteiger partial charge in [0.25, 0.3) is 0 Å². The summed E-state index contributed by atoms with van der Waals surface area (Å²) >= 11 is 0. The third kappa shape index (κ3) is 4.19. The Kier molecular flexibility index (Phi) is 4.80. The highest BCUT2D eigenvalue weighted by atomic mass is 16.5. The van der Waals surface area contributed by atoms with E-state index in [1.54, 1.807) is 0 Å².